The van der Waals surface area contributed by atoms with Gasteiger partial charge in [-0.2, -0.15) is 0 Å². The van der Waals surface area contributed by atoms with Crippen LogP contribution in [0.1, 0.15) is 11.1 Å². The number of aryl methyl sites for hydroxylation is 1. The molecule has 0 bridgehead atoms. The molecule has 2 N–H and O–H groups in total. The molecule has 3 aromatic carbocycles. The number of hydrogen-bond donors (Lipinski definition) is 2. The van der Waals surface area contributed by atoms with Crippen LogP contribution in [0.3, 0.4) is 0 Å². The van der Waals surface area contributed by atoms with Crippen molar-refractivity contribution in [2.75, 3.05) is 5.32 Å². The molecule has 0 aliphatic heterocycles. The Morgan fingerprint density at radius 1 is 0.833 bits per heavy atom. The maximum absolute atomic E-state index is 12.0. The summed E-state index contributed by atoms with van der Waals surface area (Å²) in [5, 5.41) is 7.35. The van der Waals surface area contributed by atoms with Gasteiger partial charge in [-0.15, -0.1) is 0 Å². The minimum atomic E-state index is -0.669. The van der Waals surface area contributed by atoms with Crippen molar-refractivity contribution >= 4 is 28.3 Å². The number of carbonyl (C=O) groups excluding carboxylic acids is 2. The lowest BCUT2D eigenvalue weighted by Gasteiger charge is -2.08. The lowest BCUT2D eigenvalue weighted by molar-refractivity contribution is -0.136. The second-order valence-electron chi connectivity index (χ2n) is 5.68. The third-order valence-electron chi connectivity index (χ3n) is 3.79. The highest BCUT2D eigenvalue weighted by Crippen LogP contribution is 2.18. The van der Waals surface area contributed by atoms with E-state index in [1.54, 1.807) is 6.07 Å². The van der Waals surface area contributed by atoms with Crippen LogP contribution in [-0.4, -0.2) is 11.8 Å². The van der Waals surface area contributed by atoms with Gasteiger partial charge >= 0.3 is 11.8 Å². The third-order valence-corrected chi connectivity index (χ3v) is 3.79. The van der Waals surface area contributed by atoms with Gasteiger partial charge in [-0.05, 0) is 35.4 Å². The van der Waals surface area contributed by atoms with Crippen molar-refractivity contribution in [2.45, 2.75) is 13.5 Å². The summed E-state index contributed by atoms with van der Waals surface area (Å²) < 4.78 is 0. The van der Waals surface area contributed by atoms with Crippen molar-refractivity contribution in [3.63, 3.8) is 0 Å². The van der Waals surface area contributed by atoms with Gasteiger partial charge in [0.25, 0.3) is 0 Å². The van der Waals surface area contributed by atoms with Gasteiger partial charge in [-0.1, -0.05) is 60.2 Å². The van der Waals surface area contributed by atoms with E-state index >= 15 is 0 Å². The predicted molar refractivity (Wildman–Crippen MR) is 95.6 cm³/mol. The standard InChI is InChI=1S/C20H18N2O2/c1-14-6-8-15(9-7-14)13-21-19(23)20(24)22-18-11-10-16-4-2-3-5-17(16)12-18/h2-12H,13H2,1H3,(H,21,23)(H,22,24). The second kappa shape index (κ2) is 6.96. The van der Waals surface area contributed by atoms with Crippen molar-refractivity contribution in [1.29, 1.82) is 0 Å². The number of nitrogens with one attached hydrogen (secondary N) is 2. The van der Waals surface area contributed by atoms with E-state index in [0.29, 0.717) is 12.2 Å². The van der Waals surface area contributed by atoms with Crippen LogP contribution in [0.15, 0.2) is 66.7 Å². The molecule has 0 aliphatic rings. The first kappa shape index (κ1) is 15.7. The van der Waals surface area contributed by atoms with Gasteiger partial charge in [-0.3, -0.25) is 9.59 Å². The maximum atomic E-state index is 12.0. The Balaban J connectivity index is 1.60. The number of hydrogen-bond acceptors (Lipinski definition) is 2. The van der Waals surface area contributed by atoms with Gasteiger partial charge in [0.2, 0.25) is 0 Å². The molecule has 0 atom stereocenters. The van der Waals surface area contributed by atoms with E-state index in [0.717, 1.165) is 21.9 Å². The Morgan fingerprint density at radius 2 is 1.54 bits per heavy atom. The molecule has 4 heteroatoms. The molecular weight excluding hydrogens is 300 g/mol. The molecule has 3 rings (SSSR count). The Kier molecular flexibility index (Phi) is 4.57. The fraction of sp³-hybridized carbons (Fsp3) is 0.100. The van der Waals surface area contributed by atoms with E-state index in [1.165, 1.54) is 0 Å². The molecule has 120 valence electrons. The zero-order chi connectivity index (χ0) is 16.9. The van der Waals surface area contributed by atoms with Gasteiger partial charge in [0.15, 0.2) is 0 Å². The number of fused-ring (bicyclic) bond motifs is 1. The molecule has 4 nitrogen and oxygen atoms in total. The summed E-state index contributed by atoms with van der Waals surface area (Å²) in [6.45, 7) is 2.32. The Bertz CT molecular complexity index is 886. The number of carbonyl (C=O) groups is 2. The summed E-state index contributed by atoms with van der Waals surface area (Å²) >= 11 is 0. The average Bonchev–Trinajstić information content (AvgIpc) is 2.61. The summed E-state index contributed by atoms with van der Waals surface area (Å²) in [6.07, 6.45) is 0. The predicted octanol–water partition coefficient (Wildman–Crippen LogP) is 3.40. The molecule has 0 fully saturated rings. The van der Waals surface area contributed by atoms with E-state index in [1.807, 2.05) is 67.6 Å². The zero-order valence-electron chi connectivity index (χ0n) is 13.4. The normalized spacial score (nSPS) is 10.4. The first-order chi connectivity index (χ1) is 11.6. The molecular formula is C20H18N2O2. The fourth-order valence-electron chi connectivity index (χ4n) is 2.42. The second-order valence-corrected chi connectivity index (χ2v) is 5.68. The average molecular weight is 318 g/mol. The van der Waals surface area contributed by atoms with E-state index in [9.17, 15) is 9.59 Å². The zero-order valence-corrected chi connectivity index (χ0v) is 13.4. The molecule has 0 heterocycles. The molecule has 24 heavy (non-hydrogen) atoms. The summed E-state index contributed by atoms with van der Waals surface area (Å²) in [6, 6.07) is 21.2. The maximum Gasteiger partial charge on any atom is 0.313 e. The Labute approximate surface area is 140 Å². The largest absolute Gasteiger partial charge is 0.344 e. The van der Waals surface area contributed by atoms with Gasteiger partial charge < -0.3 is 10.6 Å². The van der Waals surface area contributed by atoms with Gasteiger partial charge in [0, 0.05) is 12.2 Å². The number of rotatable bonds is 3. The molecule has 0 spiro atoms. The molecule has 2 amide bonds. The minimum Gasteiger partial charge on any atom is -0.344 e. The van der Waals surface area contributed by atoms with Crippen LogP contribution in [-0.2, 0) is 16.1 Å². The van der Waals surface area contributed by atoms with Crippen LogP contribution in [0.25, 0.3) is 10.8 Å². The first-order valence-corrected chi connectivity index (χ1v) is 7.75. The van der Waals surface area contributed by atoms with E-state index < -0.39 is 11.8 Å². The van der Waals surface area contributed by atoms with Crippen LogP contribution >= 0.6 is 0 Å². The van der Waals surface area contributed by atoms with Crippen LogP contribution in [0.5, 0.6) is 0 Å². The quantitative estimate of drug-likeness (QED) is 0.727. The van der Waals surface area contributed by atoms with Gasteiger partial charge in [-0.25, -0.2) is 0 Å². The smallest absolute Gasteiger partial charge is 0.313 e. The molecule has 0 saturated carbocycles. The summed E-state index contributed by atoms with van der Waals surface area (Å²) in [4.78, 5) is 23.9. The topological polar surface area (TPSA) is 58.2 Å². The molecule has 3 aromatic rings. The highest BCUT2D eigenvalue weighted by molar-refractivity contribution is 6.39. The Hall–Kier alpha value is -3.14. The molecule has 0 radical (unpaired) electrons. The number of amides is 2. The number of anilines is 1. The summed E-state index contributed by atoms with van der Waals surface area (Å²) in [5.41, 5.74) is 2.70. The van der Waals surface area contributed by atoms with Gasteiger partial charge in [0.05, 0.1) is 0 Å². The SMILES string of the molecule is Cc1ccc(CNC(=O)C(=O)Nc2ccc3ccccc3c2)cc1. The molecule has 0 saturated heterocycles. The van der Waals surface area contributed by atoms with E-state index in [2.05, 4.69) is 10.6 Å². The van der Waals surface area contributed by atoms with Crippen LogP contribution in [0.2, 0.25) is 0 Å². The highest BCUT2D eigenvalue weighted by atomic mass is 16.2. The van der Waals surface area contributed by atoms with E-state index in [4.69, 9.17) is 0 Å². The van der Waals surface area contributed by atoms with Crippen LogP contribution < -0.4 is 10.6 Å². The van der Waals surface area contributed by atoms with Crippen molar-refractivity contribution in [3.05, 3.63) is 77.9 Å². The van der Waals surface area contributed by atoms with Crippen molar-refractivity contribution < 1.29 is 9.59 Å². The molecule has 0 aliphatic carbocycles. The van der Waals surface area contributed by atoms with E-state index in [-0.39, 0.29) is 0 Å². The minimum absolute atomic E-state index is 0.324. The van der Waals surface area contributed by atoms with Crippen LogP contribution in [0, 0.1) is 6.92 Å². The lowest BCUT2D eigenvalue weighted by atomic mass is 10.1. The summed E-state index contributed by atoms with van der Waals surface area (Å²) in [5.74, 6) is -1.32. The van der Waals surface area contributed by atoms with Gasteiger partial charge in [0.1, 0.15) is 0 Å². The van der Waals surface area contributed by atoms with Crippen molar-refractivity contribution in [1.82, 2.24) is 5.32 Å². The third kappa shape index (κ3) is 3.79. The summed E-state index contributed by atoms with van der Waals surface area (Å²) in [7, 11) is 0. The fourth-order valence-corrected chi connectivity index (χ4v) is 2.42. The monoisotopic (exact) mass is 318 g/mol. The number of benzene rings is 3. The lowest BCUT2D eigenvalue weighted by Crippen LogP contribution is -2.34. The first-order valence-electron chi connectivity index (χ1n) is 7.75. The highest BCUT2D eigenvalue weighted by Gasteiger charge is 2.13. The van der Waals surface area contributed by atoms with Crippen molar-refractivity contribution in [2.24, 2.45) is 0 Å². The molecule has 0 aromatic heterocycles. The van der Waals surface area contributed by atoms with Crippen molar-refractivity contribution in [3.8, 4) is 0 Å². The Morgan fingerprint density at radius 3 is 2.29 bits per heavy atom. The van der Waals surface area contributed by atoms with Crippen LogP contribution in [0.4, 0.5) is 5.69 Å². The molecule has 0 unspecified atom stereocenters.